The second kappa shape index (κ2) is 5.57. The number of aromatic nitrogens is 2. The van der Waals surface area contributed by atoms with Gasteiger partial charge in [-0.15, -0.1) is 0 Å². The van der Waals surface area contributed by atoms with Gasteiger partial charge in [0.05, 0.1) is 21.2 Å². The van der Waals surface area contributed by atoms with Crippen LogP contribution in [0.2, 0.25) is 0 Å². The fraction of sp³-hybridized carbons (Fsp3) is 0.0714. The molecular formula is C14H11Br2N3O2. The zero-order chi connectivity index (χ0) is 15.0. The van der Waals surface area contributed by atoms with Crippen molar-refractivity contribution < 1.29 is 5.11 Å². The van der Waals surface area contributed by atoms with Crippen molar-refractivity contribution in [1.29, 1.82) is 0 Å². The topological polar surface area (TPSA) is 80.9 Å². The van der Waals surface area contributed by atoms with Gasteiger partial charge < -0.3 is 20.4 Å². The third-order valence-electron chi connectivity index (χ3n) is 3.10. The Hall–Kier alpha value is -1.73. The number of aromatic hydroxyl groups is 1. The minimum atomic E-state index is -0.225. The second-order valence-electron chi connectivity index (χ2n) is 4.60. The molecule has 5 nitrogen and oxygen atoms in total. The van der Waals surface area contributed by atoms with E-state index in [1.54, 1.807) is 6.07 Å². The van der Waals surface area contributed by atoms with E-state index in [0.717, 1.165) is 26.8 Å². The van der Waals surface area contributed by atoms with Crippen LogP contribution in [0.3, 0.4) is 0 Å². The van der Waals surface area contributed by atoms with Crippen LogP contribution in [0.1, 0.15) is 5.56 Å². The Morgan fingerprint density at radius 2 is 1.76 bits per heavy atom. The summed E-state index contributed by atoms with van der Waals surface area (Å²) in [6.07, 6.45) is 0. The van der Waals surface area contributed by atoms with Gasteiger partial charge in [-0.3, -0.25) is 0 Å². The van der Waals surface area contributed by atoms with E-state index in [9.17, 15) is 9.90 Å². The van der Waals surface area contributed by atoms with E-state index in [-0.39, 0.29) is 11.4 Å². The van der Waals surface area contributed by atoms with Gasteiger partial charge in [0.2, 0.25) is 0 Å². The molecule has 0 saturated carbocycles. The maximum absolute atomic E-state index is 11.3. The molecule has 2 aromatic carbocycles. The molecule has 21 heavy (non-hydrogen) atoms. The predicted octanol–water partition coefficient (Wildman–Crippen LogP) is 3.70. The standard InChI is InChI=1S/C14H11Br2N3O2/c15-8-4-11-12(19-14(21)18-11)5-10(8)17-6-7-1-2-13(20)9(16)3-7/h1-5,17,20H,6H2,(H2,18,19,21). The first-order valence-electron chi connectivity index (χ1n) is 6.16. The van der Waals surface area contributed by atoms with Gasteiger partial charge in [-0.2, -0.15) is 0 Å². The van der Waals surface area contributed by atoms with Crippen molar-refractivity contribution in [3.8, 4) is 5.75 Å². The Bertz CT molecular complexity index is 870. The number of fused-ring (bicyclic) bond motifs is 1. The molecule has 0 atom stereocenters. The van der Waals surface area contributed by atoms with Gasteiger partial charge in [-0.25, -0.2) is 4.79 Å². The first-order chi connectivity index (χ1) is 10.0. The second-order valence-corrected chi connectivity index (χ2v) is 6.30. The highest BCUT2D eigenvalue weighted by molar-refractivity contribution is 9.11. The van der Waals surface area contributed by atoms with Gasteiger partial charge in [0.1, 0.15) is 5.75 Å². The lowest BCUT2D eigenvalue weighted by Crippen LogP contribution is -2.00. The molecule has 0 aliphatic heterocycles. The summed E-state index contributed by atoms with van der Waals surface area (Å²) < 4.78 is 1.52. The number of H-pyrrole nitrogens is 2. The summed E-state index contributed by atoms with van der Waals surface area (Å²) in [4.78, 5) is 16.7. The van der Waals surface area contributed by atoms with E-state index in [4.69, 9.17) is 0 Å². The quantitative estimate of drug-likeness (QED) is 0.529. The highest BCUT2D eigenvalue weighted by Gasteiger charge is 2.06. The number of anilines is 1. The molecule has 108 valence electrons. The molecule has 4 N–H and O–H groups in total. The van der Waals surface area contributed by atoms with Gasteiger partial charge in [-0.05, 0) is 61.7 Å². The molecule has 0 fully saturated rings. The third-order valence-corrected chi connectivity index (χ3v) is 4.39. The number of rotatable bonds is 3. The van der Waals surface area contributed by atoms with Crippen LogP contribution in [0.25, 0.3) is 11.0 Å². The van der Waals surface area contributed by atoms with Gasteiger partial charge in [0.15, 0.2) is 0 Å². The third kappa shape index (κ3) is 2.98. The molecule has 0 radical (unpaired) electrons. The maximum atomic E-state index is 11.3. The lowest BCUT2D eigenvalue weighted by atomic mass is 10.2. The van der Waals surface area contributed by atoms with Crippen molar-refractivity contribution in [1.82, 2.24) is 9.97 Å². The number of phenolic OH excluding ortho intramolecular Hbond substituents is 1. The summed E-state index contributed by atoms with van der Waals surface area (Å²) in [6.45, 7) is 0.595. The normalized spacial score (nSPS) is 11.0. The zero-order valence-electron chi connectivity index (χ0n) is 10.7. The van der Waals surface area contributed by atoms with E-state index in [0.29, 0.717) is 11.0 Å². The molecule has 0 bridgehead atoms. The van der Waals surface area contributed by atoms with E-state index in [2.05, 4.69) is 47.1 Å². The summed E-state index contributed by atoms with van der Waals surface area (Å²) in [6, 6.07) is 9.06. The number of nitrogens with one attached hydrogen (secondary N) is 3. The number of halogens is 2. The average molecular weight is 413 g/mol. The SMILES string of the molecule is O=c1[nH]c2cc(Br)c(NCc3ccc(O)c(Br)c3)cc2[nH]1. The Morgan fingerprint density at radius 1 is 1.05 bits per heavy atom. The first kappa shape index (κ1) is 14.2. The number of aromatic amines is 2. The van der Waals surface area contributed by atoms with Crippen LogP contribution >= 0.6 is 31.9 Å². The lowest BCUT2D eigenvalue weighted by molar-refractivity contribution is 0.471. The molecule has 0 aliphatic carbocycles. The van der Waals surface area contributed by atoms with Crippen molar-refractivity contribution in [3.63, 3.8) is 0 Å². The molecule has 0 saturated heterocycles. The zero-order valence-corrected chi connectivity index (χ0v) is 13.9. The van der Waals surface area contributed by atoms with Crippen LogP contribution in [-0.2, 0) is 6.54 Å². The van der Waals surface area contributed by atoms with E-state index < -0.39 is 0 Å². The van der Waals surface area contributed by atoms with Gasteiger partial charge >= 0.3 is 5.69 Å². The molecule has 3 rings (SSSR count). The fourth-order valence-corrected chi connectivity index (χ4v) is 2.96. The monoisotopic (exact) mass is 411 g/mol. The maximum Gasteiger partial charge on any atom is 0.323 e. The van der Waals surface area contributed by atoms with Crippen LogP contribution in [0.15, 0.2) is 44.1 Å². The summed E-state index contributed by atoms with van der Waals surface area (Å²) in [5, 5.41) is 12.8. The van der Waals surface area contributed by atoms with Crippen molar-refractivity contribution in [2.75, 3.05) is 5.32 Å². The largest absolute Gasteiger partial charge is 0.507 e. The molecule has 1 heterocycles. The van der Waals surface area contributed by atoms with E-state index in [1.165, 1.54) is 0 Å². The van der Waals surface area contributed by atoms with Crippen LogP contribution in [0.5, 0.6) is 5.75 Å². The summed E-state index contributed by atoms with van der Waals surface area (Å²) in [7, 11) is 0. The van der Waals surface area contributed by atoms with Gasteiger partial charge in [0, 0.05) is 11.0 Å². The molecule has 0 aliphatic rings. The lowest BCUT2D eigenvalue weighted by Gasteiger charge is -2.09. The molecule has 0 unspecified atom stereocenters. The Morgan fingerprint density at radius 3 is 2.48 bits per heavy atom. The van der Waals surface area contributed by atoms with Crippen LogP contribution in [0, 0.1) is 0 Å². The molecule has 3 aromatic rings. The number of hydrogen-bond acceptors (Lipinski definition) is 3. The average Bonchev–Trinajstić information content (AvgIpc) is 2.79. The van der Waals surface area contributed by atoms with E-state index in [1.807, 2.05) is 24.3 Å². The number of imidazole rings is 1. The van der Waals surface area contributed by atoms with Crippen molar-refractivity contribution in [2.45, 2.75) is 6.54 Å². The van der Waals surface area contributed by atoms with Crippen molar-refractivity contribution in [3.05, 3.63) is 55.3 Å². The molecular weight excluding hydrogens is 402 g/mol. The van der Waals surface area contributed by atoms with E-state index >= 15 is 0 Å². The first-order valence-corrected chi connectivity index (χ1v) is 7.74. The predicted molar refractivity (Wildman–Crippen MR) is 89.8 cm³/mol. The Labute approximate surface area is 136 Å². The molecule has 7 heteroatoms. The summed E-state index contributed by atoms with van der Waals surface area (Å²) in [5.74, 6) is 0.214. The number of phenols is 1. The molecule has 1 aromatic heterocycles. The summed E-state index contributed by atoms with van der Waals surface area (Å²) in [5.41, 5.74) is 3.18. The van der Waals surface area contributed by atoms with Crippen molar-refractivity contribution in [2.24, 2.45) is 0 Å². The minimum absolute atomic E-state index is 0.214. The van der Waals surface area contributed by atoms with Gasteiger partial charge in [0.25, 0.3) is 0 Å². The van der Waals surface area contributed by atoms with Crippen molar-refractivity contribution >= 4 is 48.6 Å². The minimum Gasteiger partial charge on any atom is -0.507 e. The van der Waals surface area contributed by atoms with Crippen LogP contribution in [0.4, 0.5) is 5.69 Å². The van der Waals surface area contributed by atoms with Crippen LogP contribution in [-0.4, -0.2) is 15.1 Å². The molecule has 0 spiro atoms. The number of hydrogen-bond donors (Lipinski definition) is 4. The fourth-order valence-electron chi connectivity index (χ4n) is 2.05. The highest BCUT2D eigenvalue weighted by atomic mass is 79.9. The number of benzene rings is 2. The smallest absolute Gasteiger partial charge is 0.323 e. The van der Waals surface area contributed by atoms with Gasteiger partial charge in [-0.1, -0.05) is 6.07 Å². The Balaban J connectivity index is 1.85. The van der Waals surface area contributed by atoms with Crippen LogP contribution < -0.4 is 11.0 Å². The molecule has 0 amide bonds. The Kier molecular flexibility index (Phi) is 3.77. The highest BCUT2D eigenvalue weighted by Crippen LogP contribution is 2.28. The summed E-state index contributed by atoms with van der Waals surface area (Å²) >= 11 is 6.77.